The monoisotopic (exact) mass is 388 g/mol. The van der Waals surface area contributed by atoms with Gasteiger partial charge in [-0.1, -0.05) is 29.8 Å². The number of nitrogens with one attached hydrogen (secondary N) is 2. The van der Waals surface area contributed by atoms with Gasteiger partial charge in [-0.15, -0.1) is 0 Å². The summed E-state index contributed by atoms with van der Waals surface area (Å²) >= 11 is 5.76. The summed E-state index contributed by atoms with van der Waals surface area (Å²) in [6.07, 6.45) is 6.23. The quantitative estimate of drug-likeness (QED) is 0.792. The summed E-state index contributed by atoms with van der Waals surface area (Å²) in [7, 11) is 0. The van der Waals surface area contributed by atoms with Gasteiger partial charge in [0, 0.05) is 11.6 Å². The Morgan fingerprint density at radius 2 is 1.74 bits per heavy atom. The molecule has 0 atom stereocenters. The summed E-state index contributed by atoms with van der Waals surface area (Å²) in [5.41, 5.74) is 0.535. The van der Waals surface area contributed by atoms with Gasteiger partial charge in [-0.3, -0.25) is 9.59 Å². The average Bonchev–Trinajstić information content (AvgIpc) is 2.70. The minimum Gasteiger partial charge on any atom is -0.460 e. The second-order valence-electron chi connectivity index (χ2n) is 6.39. The van der Waals surface area contributed by atoms with Gasteiger partial charge in [-0.05, 0) is 37.8 Å². The minimum absolute atomic E-state index is 0.0251. The lowest BCUT2D eigenvalue weighted by Gasteiger charge is -2.28. The van der Waals surface area contributed by atoms with Crippen molar-refractivity contribution in [2.75, 3.05) is 6.54 Å². The van der Waals surface area contributed by atoms with Crippen molar-refractivity contribution >= 4 is 23.4 Å². The fourth-order valence-corrected chi connectivity index (χ4v) is 3.06. The SMILES string of the molecule is O=C(CNC(=O)c1ccccc1)NC1CCC(Oc2ncc(Cl)cn2)CC1. The molecule has 8 heteroatoms. The van der Waals surface area contributed by atoms with Crippen LogP contribution in [0.1, 0.15) is 36.0 Å². The summed E-state index contributed by atoms with van der Waals surface area (Å²) in [5.74, 6) is -0.449. The summed E-state index contributed by atoms with van der Waals surface area (Å²) in [6, 6.07) is 9.21. The van der Waals surface area contributed by atoms with Crippen molar-refractivity contribution in [2.24, 2.45) is 0 Å². The Balaban J connectivity index is 1.36. The number of ether oxygens (including phenoxy) is 1. The summed E-state index contributed by atoms with van der Waals surface area (Å²) in [5, 5.41) is 6.06. The van der Waals surface area contributed by atoms with Crippen molar-refractivity contribution < 1.29 is 14.3 Å². The largest absolute Gasteiger partial charge is 0.460 e. The Labute approximate surface area is 162 Å². The first-order valence-electron chi connectivity index (χ1n) is 8.87. The van der Waals surface area contributed by atoms with Crippen LogP contribution in [0.25, 0.3) is 0 Å². The molecule has 0 radical (unpaired) electrons. The second kappa shape index (κ2) is 9.32. The van der Waals surface area contributed by atoms with Crippen LogP contribution < -0.4 is 15.4 Å². The molecule has 142 valence electrons. The van der Waals surface area contributed by atoms with E-state index in [1.165, 1.54) is 12.4 Å². The Morgan fingerprint density at radius 3 is 2.41 bits per heavy atom. The minimum atomic E-state index is -0.258. The Morgan fingerprint density at radius 1 is 1.07 bits per heavy atom. The summed E-state index contributed by atoms with van der Waals surface area (Å²) in [6.45, 7) is -0.0389. The topological polar surface area (TPSA) is 93.2 Å². The molecule has 0 spiro atoms. The van der Waals surface area contributed by atoms with Gasteiger partial charge in [-0.2, -0.15) is 0 Å². The van der Waals surface area contributed by atoms with Crippen LogP contribution >= 0.6 is 11.6 Å². The van der Waals surface area contributed by atoms with Crippen LogP contribution in [0.4, 0.5) is 0 Å². The molecule has 1 fully saturated rings. The molecule has 7 nitrogen and oxygen atoms in total. The third kappa shape index (κ3) is 5.92. The van der Waals surface area contributed by atoms with E-state index in [9.17, 15) is 9.59 Å². The van der Waals surface area contributed by atoms with Gasteiger partial charge < -0.3 is 15.4 Å². The molecule has 27 heavy (non-hydrogen) atoms. The van der Waals surface area contributed by atoms with Crippen molar-refractivity contribution in [3.8, 4) is 6.01 Å². The van der Waals surface area contributed by atoms with Gasteiger partial charge in [0.05, 0.1) is 24.0 Å². The van der Waals surface area contributed by atoms with Gasteiger partial charge in [-0.25, -0.2) is 9.97 Å². The van der Waals surface area contributed by atoms with Crippen molar-refractivity contribution in [1.82, 2.24) is 20.6 Å². The molecule has 1 aromatic heterocycles. The molecular weight excluding hydrogens is 368 g/mol. The summed E-state index contributed by atoms with van der Waals surface area (Å²) in [4.78, 5) is 32.1. The first-order valence-corrected chi connectivity index (χ1v) is 9.25. The second-order valence-corrected chi connectivity index (χ2v) is 6.83. The number of aromatic nitrogens is 2. The number of carbonyl (C=O) groups excluding carboxylic acids is 2. The average molecular weight is 389 g/mol. The Kier molecular flexibility index (Phi) is 6.59. The van der Waals surface area contributed by atoms with Gasteiger partial charge in [0.15, 0.2) is 0 Å². The molecule has 1 aliphatic rings. The smallest absolute Gasteiger partial charge is 0.316 e. The molecule has 1 saturated carbocycles. The zero-order valence-electron chi connectivity index (χ0n) is 14.7. The molecule has 1 aromatic carbocycles. The molecule has 2 amide bonds. The van der Waals surface area contributed by atoms with Crippen molar-refractivity contribution in [3.63, 3.8) is 0 Å². The van der Waals surface area contributed by atoms with E-state index in [0.29, 0.717) is 16.6 Å². The number of rotatable bonds is 6. The van der Waals surface area contributed by atoms with Crippen LogP contribution in [-0.2, 0) is 4.79 Å². The van der Waals surface area contributed by atoms with Crippen LogP contribution in [0.2, 0.25) is 5.02 Å². The van der Waals surface area contributed by atoms with E-state index in [-0.39, 0.29) is 30.5 Å². The Bertz CT molecular complexity index is 762. The zero-order chi connectivity index (χ0) is 19.1. The lowest BCUT2D eigenvalue weighted by molar-refractivity contribution is -0.121. The molecule has 1 aliphatic carbocycles. The molecule has 3 rings (SSSR count). The van der Waals surface area contributed by atoms with Gasteiger partial charge in [0.1, 0.15) is 6.10 Å². The third-order valence-electron chi connectivity index (χ3n) is 4.35. The number of amides is 2. The highest BCUT2D eigenvalue weighted by Gasteiger charge is 2.24. The fourth-order valence-electron chi connectivity index (χ4n) is 2.97. The van der Waals surface area contributed by atoms with Crippen molar-refractivity contribution in [2.45, 2.75) is 37.8 Å². The van der Waals surface area contributed by atoms with Gasteiger partial charge >= 0.3 is 6.01 Å². The molecule has 0 bridgehead atoms. The predicted octanol–water partition coefficient (Wildman–Crippen LogP) is 2.37. The first kappa shape index (κ1) is 19.1. The highest BCUT2D eigenvalue weighted by atomic mass is 35.5. The van der Waals surface area contributed by atoms with E-state index in [1.807, 2.05) is 6.07 Å². The number of hydrogen-bond donors (Lipinski definition) is 2. The summed E-state index contributed by atoms with van der Waals surface area (Å²) < 4.78 is 5.74. The lowest BCUT2D eigenvalue weighted by atomic mass is 9.93. The van der Waals surface area contributed by atoms with Crippen molar-refractivity contribution in [1.29, 1.82) is 0 Å². The number of carbonyl (C=O) groups is 2. The van der Waals surface area contributed by atoms with Crippen LogP contribution in [0, 0.1) is 0 Å². The van der Waals surface area contributed by atoms with Crippen LogP contribution in [0.15, 0.2) is 42.7 Å². The van der Waals surface area contributed by atoms with Crippen LogP contribution in [-0.4, -0.2) is 40.5 Å². The van der Waals surface area contributed by atoms with E-state index < -0.39 is 0 Å². The molecule has 0 saturated heterocycles. The van der Waals surface area contributed by atoms with E-state index in [2.05, 4.69) is 20.6 Å². The predicted molar refractivity (Wildman–Crippen MR) is 101 cm³/mol. The molecule has 2 N–H and O–H groups in total. The number of nitrogens with zero attached hydrogens (tertiary/aromatic N) is 2. The fraction of sp³-hybridized carbons (Fsp3) is 0.368. The van der Waals surface area contributed by atoms with Crippen LogP contribution in [0.3, 0.4) is 0 Å². The van der Waals surface area contributed by atoms with Gasteiger partial charge in [0.25, 0.3) is 5.91 Å². The maximum atomic E-state index is 12.1. The van der Waals surface area contributed by atoms with E-state index in [0.717, 1.165) is 25.7 Å². The standard InChI is InChI=1S/C19H21ClN4O3/c20-14-10-22-19(23-11-14)27-16-8-6-15(7-9-16)24-17(25)12-21-18(26)13-4-2-1-3-5-13/h1-5,10-11,15-16H,6-9,12H2,(H,21,26)(H,24,25). The molecule has 0 unspecified atom stereocenters. The van der Waals surface area contributed by atoms with Crippen molar-refractivity contribution in [3.05, 3.63) is 53.3 Å². The van der Waals surface area contributed by atoms with E-state index >= 15 is 0 Å². The molecular formula is C19H21ClN4O3. The Hall–Kier alpha value is -2.67. The van der Waals surface area contributed by atoms with E-state index in [1.54, 1.807) is 24.3 Å². The maximum Gasteiger partial charge on any atom is 0.316 e. The highest BCUT2D eigenvalue weighted by molar-refractivity contribution is 6.30. The maximum absolute atomic E-state index is 12.1. The first-order chi connectivity index (χ1) is 13.1. The van der Waals surface area contributed by atoms with Gasteiger partial charge in [0.2, 0.25) is 5.91 Å². The number of benzene rings is 1. The normalized spacial score (nSPS) is 19.1. The molecule has 0 aliphatic heterocycles. The molecule has 2 aromatic rings. The number of hydrogen-bond acceptors (Lipinski definition) is 5. The van der Waals surface area contributed by atoms with E-state index in [4.69, 9.17) is 16.3 Å². The zero-order valence-corrected chi connectivity index (χ0v) is 15.5. The lowest BCUT2D eigenvalue weighted by Crippen LogP contribution is -2.44. The third-order valence-corrected chi connectivity index (χ3v) is 4.55. The highest BCUT2D eigenvalue weighted by Crippen LogP contribution is 2.22. The molecule has 1 heterocycles. The van der Waals surface area contributed by atoms with Crippen LogP contribution in [0.5, 0.6) is 6.01 Å². The number of halogens is 1.